The van der Waals surface area contributed by atoms with Gasteiger partial charge in [0.25, 0.3) is 5.56 Å². The molecule has 4 aliphatic rings. The fourth-order valence-electron chi connectivity index (χ4n) is 5.99. The topological polar surface area (TPSA) is 116 Å². The van der Waals surface area contributed by atoms with Crippen LogP contribution in [0, 0.1) is 5.92 Å². The van der Waals surface area contributed by atoms with Gasteiger partial charge in [-0.3, -0.25) is 20.0 Å². The van der Waals surface area contributed by atoms with E-state index in [0.717, 1.165) is 48.8 Å². The first kappa shape index (κ1) is 22.2. The Morgan fingerprint density at radius 1 is 1.06 bits per heavy atom. The number of aliphatic hydroxyl groups excluding tert-OH is 1. The van der Waals surface area contributed by atoms with Crippen molar-refractivity contribution < 1.29 is 5.11 Å². The van der Waals surface area contributed by atoms with Crippen molar-refractivity contribution in [2.45, 2.75) is 62.9 Å². The minimum Gasteiger partial charge on any atom is -0.393 e. The molecular weight excluding hydrogens is 454 g/mol. The number of piperazine rings is 1. The van der Waals surface area contributed by atoms with Crippen LogP contribution in [0.5, 0.6) is 0 Å². The highest BCUT2D eigenvalue weighted by molar-refractivity contribution is 6.04. The van der Waals surface area contributed by atoms with E-state index < -0.39 is 0 Å². The second-order valence-corrected chi connectivity index (χ2v) is 10.8. The lowest BCUT2D eigenvalue weighted by molar-refractivity contribution is 0.111. The molecule has 3 aromatic rings. The van der Waals surface area contributed by atoms with E-state index in [4.69, 9.17) is 4.98 Å². The van der Waals surface area contributed by atoms with Crippen LogP contribution in [0.3, 0.4) is 0 Å². The number of hydrogen-bond acceptors (Lipinski definition) is 8. The van der Waals surface area contributed by atoms with Crippen LogP contribution in [0.4, 0.5) is 5.95 Å². The molecule has 3 fully saturated rings. The summed E-state index contributed by atoms with van der Waals surface area (Å²) in [7, 11) is 0. The van der Waals surface area contributed by atoms with Crippen LogP contribution in [0.1, 0.15) is 56.2 Å². The molecule has 2 aliphatic carbocycles. The normalized spacial score (nSPS) is 28.1. The van der Waals surface area contributed by atoms with E-state index >= 15 is 0 Å². The molecule has 0 spiro atoms. The third kappa shape index (κ3) is 3.95. The molecule has 1 unspecified atom stereocenters. The predicted octanol–water partition coefficient (Wildman–Crippen LogP) is 2.29. The Labute approximate surface area is 209 Å². The van der Waals surface area contributed by atoms with Gasteiger partial charge < -0.3 is 15.7 Å². The van der Waals surface area contributed by atoms with Gasteiger partial charge in [0.15, 0.2) is 0 Å². The van der Waals surface area contributed by atoms with Crippen molar-refractivity contribution >= 4 is 27.8 Å². The molecule has 9 nitrogen and oxygen atoms in total. The van der Waals surface area contributed by atoms with Crippen molar-refractivity contribution in [1.82, 2.24) is 30.5 Å². The van der Waals surface area contributed by atoms with E-state index in [0.29, 0.717) is 35.7 Å². The number of aromatic nitrogens is 3. The molecule has 0 bridgehead atoms. The van der Waals surface area contributed by atoms with Crippen molar-refractivity contribution in [3.8, 4) is 0 Å². The Bertz CT molecular complexity index is 1400. The molecule has 2 saturated carbocycles. The molecule has 36 heavy (non-hydrogen) atoms. The van der Waals surface area contributed by atoms with Crippen LogP contribution in [0.2, 0.25) is 0 Å². The summed E-state index contributed by atoms with van der Waals surface area (Å²) in [5.74, 6) is 1.29. The lowest BCUT2D eigenvalue weighted by Crippen LogP contribution is -2.52. The highest BCUT2D eigenvalue weighted by Gasteiger charge is 2.29. The molecule has 188 valence electrons. The molecule has 0 amide bonds. The second kappa shape index (κ2) is 8.83. The van der Waals surface area contributed by atoms with Gasteiger partial charge in [0.1, 0.15) is 5.65 Å². The van der Waals surface area contributed by atoms with Crippen molar-refractivity contribution in [2.75, 3.05) is 25.0 Å². The molecule has 0 radical (unpaired) electrons. The van der Waals surface area contributed by atoms with Crippen LogP contribution >= 0.6 is 0 Å². The minimum absolute atomic E-state index is 0.00373. The molecule has 2 aliphatic heterocycles. The maximum atomic E-state index is 14.1. The smallest absolute Gasteiger partial charge is 0.260 e. The van der Waals surface area contributed by atoms with E-state index in [1.54, 1.807) is 0 Å². The third-order valence-electron chi connectivity index (χ3n) is 8.28. The van der Waals surface area contributed by atoms with Crippen molar-refractivity contribution in [3.63, 3.8) is 0 Å². The zero-order chi connectivity index (χ0) is 24.2. The number of anilines is 1. The lowest BCUT2D eigenvalue weighted by atomic mass is 9.92. The van der Waals surface area contributed by atoms with Crippen LogP contribution in [0.25, 0.3) is 21.8 Å². The lowest BCUT2D eigenvalue weighted by Gasteiger charge is -2.32. The molecule has 9 heteroatoms. The van der Waals surface area contributed by atoms with Gasteiger partial charge in [-0.15, -0.1) is 0 Å². The highest BCUT2D eigenvalue weighted by Crippen LogP contribution is 2.33. The van der Waals surface area contributed by atoms with E-state index in [9.17, 15) is 9.90 Å². The predicted molar refractivity (Wildman–Crippen MR) is 140 cm³/mol. The van der Waals surface area contributed by atoms with E-state index in [1.165, 1.54) is 18.5 Å². The first-order valence-corrected chi connectivity index (χ1v) is 13.3. The zero-order valence-electron chi connectivity index (χ0n) is 20.3. The van der Waals surface area contributed by atoms with Crippen molar-refractivity contribution in [1.29, 1.82) is 0 Å². The van der Waals surface area contributed by atoms with Gasteiger partial charge in [-0.1, -0.05) is 12.1 Å². The molecule has 4 heterocycles. The Morgan fingerprint density at radius 2 is 1.92 bits per heavy atom. The van der Waals surface area contributed by atoms with E-state index in [2.05, 4.69) is 44.5 Å². The Balaban J connectivity index is 1.33. The summed E-state index contributed by atoms with van der Waals surface area (Å²) in [4.78, 5) is 23.6. The minimum atomic E-state index is -0.284. The van der Waals surface area contributed by atoms with Crippen LogP contribution in [-0.4, -0.2) is 51.5 Å². The summed E-state index contributed by atoms with van der Waals surface area (Å²) in [5.41, 5.74) is 2.95. The van der Waals surface area contributed by atoms with Crippen LogP contribution in [0.15, 0.2) is 41.0 Å². The first-order chi connectivity index (χ1) is 17.6. The van der Waals surface area contributed by atoms with Gasteiger partial charge in [-0.2, -0.15) is 4.98 Å². The number of aliphatic hydroxyl groups is 1. The molecule has 2 atom stereocenters. The molecular formula is C27H33N7O2. The fraction of sp³-hybridized carbons (Fsp3) is 0.519. The zero-order valence-corrected chi connectivity index (χ0v) is 20.3. The van der Waals surface area contributed by atoms with Gasteiger partial charge in [-0.25, -0.2) is 4.98 Å². The highest BCUT2D eigenvalue weighted by atomic mass is 16.3. The average Bonchev–Trinajstić information content (AvgIpc) is 3.62. The number of nitrogens with zero attached hydrogens (tertiary/aromatic N) is 3. The maximum absolute atomic E-state index is 14.1. The third-order valence-corrected chi connectivity index (χ3v) is 8.28. The summed E-state index contributed by atoms with van der Waals surface area (Å²) in [6, 6.07) is 6.33. The van der Waals surface area contributed by atoms with Gasteiger partial charge in [0.2, 0.25) is 5.95 Å². The number of hydrogen-bond donors (Lipinski definition) is 5. The SMILES string of the molecule is O=c1c2cc([C@H]3CNC4NCC=C4N3)ccc2c2cnc(NCC3CC3)nc2n1C1CCC(O)CC1. The van der Waals surface area contributed by atoms with Crippen LogP contribution < -0.4 is 26.8 Å². The molecule has 7 rings (SSSR count). The molecule has 5 N–H and O–H groups in total. The summed E-state index contributed by atoms with van der Waals surface area (Å²) in [6.45, 7) is 2.51. The Kier molecular flexibility index (Phi) is 5.45. The summed E-state index contributed by atoms with van der Waals surface area (Å²) in [5, 5.41) is 26.6. The molecule has 1 saturated heterocycles. The monoisotopic (exact) mass is 487 g/mol. The number of pyridine rings is 1. The average molecular weight is 488 g/mol. The Morgan fingerprint density at radius 3 is 2.75 bits per heavy atom. The van der Waals surface area contributed by atoms with Gasteiger partial charge >= 0.3 is 0 Å². The summed E-state index contributed by atoms with van der Waals surface area (Å²) < 4.78 is 1.89. The fourth-order valence-corrected chi connectivity index (χ4v) is 5.99. The first-order valence-electron chi connectivity index (χ1n) is 13.3. The van der Waals surface area contributed by atoms with Crippen LogP contribution in [-0.2, 0) is 0 Å². The molecule has 1 aromatic carbocycles. The number of fused-ring (bicyclic) bond motifs is 4. The largest absolute Gasteiger partial charge is 0.393 e. The Hall–Kier alpha value is -3.01. The second-order valence-electron chi connectivity index (χ2n) is 10.8. The number of benzene rings is 1. The molecule has 2 aromatic heterocycles. The summed E-state index contributed by atoms with van der Waals surface area (Å²) >= 11 is 0. The van der Waals surface area contributed by atoms with E-state index in [1.807, 2.05) is 16.8 Å². The standard InChI is InChI=1S/C27H33N7O2/c35-18-6-4-17(5-7-18)34-25-21(13-31-27(33-25)30-12-15-1-2-15)19-8-3-16(11-20(19)26(34)36)23-14-29-24-22(32-23)9-10-28-24/h3,8-9,11,13,15,17-18,23-24,28-29,32,35H,1-2,4-7,10,12,14H2,(H,30,31,33)/t17?,18?,23-,24?/m1/s1. The van der Waals surface area contributed by atoms with Gasteiger partial charge in [-0.05, 0) is 67.5 Å². The summed E-state index contributed by atoms with van der Waals surface area (Å²) in [6.07, 6.45) is 9.40. The van der Waals surface area contributed by atoms with E-state index in [-0.39, 0.29) is 29.9 Å². The maximum Gasteiger partial charge on any atom is 0.260 e. The van der Waals surface area contributed by atoms with Gasteiger partial charge in [0, 0.05) is 48.3 Å². The van der Waals surface area contributed by atoms with Crippen molar-refractivity contribution in [2.24, 2.45) is 5.92 Å². The quantitative estimate of drug-likeness (QED) is 0.348. The van der Waals surface area contributed by atoms with Crippen molar-refractivity contribution in [3.05, 3.63) is 52.1 Å². The number of rotatable bonds is 5. The van der Waals surface area contributed by atoms with Gasteiger partial charge in [0.05, 0.1) is 18.3 Å². The number of nitrogens with one attached hydrogen (secondary N) is 4.